The van der Waals surface area contributed by atoms with Crippen LogP contribution in [0.1, 0.15) is 64.7 Å². The van der Waals surface area contributed by atoms with Crippen LogP contribution >= 0.6 is 0 Å². The monoisotopic (exact) mass is 302 g/mol. The molecule has 5 rings (SSSR count). The van der Waals surface area contributed by atoms with Gasteiger partial charge in [0.05, 0.1) is 13.2 Å². The Morgan fingerprint density at radius 3 is 2.59 bits per heavy atom. The topological polar surface area (TPSA) is 18.5 Å². The van der Waals surface area contributed by atoms with Gasteiger partial charge in [-0.15, -0.1) is 0 Å². The predicted molar refractivity (Wildman–Crippen MR) is 86.3 cm³/mol. The van der Waals surface area contributed by atoms with E-state index in [9.17, 15) is 0 Å². The van der Waals surface area contributed by atoms with Gasteiger partial charge in [-0.2, -0.15) is 0 Å². The van der Waals surface area contributed by atoms with Crippen molar-refractivity contribution in [1.29, 1.82) is 0 Å². The summed E-state index contributed by atoms with van der Waals surface area (Å²) in [6.45, 7) is 8.64. The van der Waals surface area contributed by atoms with E-state index in [4.69, 9.17) is 9.47 Å². The molecule has 1 saturated heterocycles. The van der Waals surface area contributed by atoms with Crippen LogP contribution in [0.25, 0.3) is 0 Å². The molecule has 5 atom stereocenters. The van der Waals surface area contributed by atoms with Gasteiger partial charge in [0, 0.05) is 12.8 Å². The summed E-state index contributed by atoms with van der Waals surface area (Å²) in [5.74, 6) is 2.41. The summed E-state index contributed by atoms with van der Waals surface area (Å²) in [5, 5.41) is 0. The van der Waals surface area contributed by atoms with Crippen LogP contribution < -0.4 is 0 Å². The molecule has 5 aliphatic rings. The zero-order valence-corrected chi connectivity index (χ0v) is 14.0. The van der Waals surface area contributed by atoms with Crippen LogP contribution in [0.4, 0.5) is 0 Å². The van der Waals surface area contributed by atoms with Crippen molar-refractivity contribution in [2.24, 2.45) is 28.6 Å². The average Bonchev–Trinajstić information content (AvgIpc) is 3.09. The second kappa shape index (κ2) is 4.39. The van der Waals surface area contributed by atoms with Gasteiger partial charge in [-0.05, 0) is 73.5 Å². The molecule has 4 aliphatic carbocycles. The van der Waals surface area contributed by atoms with Gasteiger partial charge in [-0.1, -0.05) is 19.1 Å². The minimum absolute atomic E-state index is 0.204. The predicted octanol–water partition coefficient (Wildman–Crippen LogP) is 4.69. The van der Waals surface area contributed by atoms with Gasteiger partial charge in [-0.25, -0.2) is 0 Å². The van der Waals surface area contributed by atoms with Crippen LogP contribution in [0.15, 0.2) is 12.2 Å². The van der Waals surface area contributed by atoms with Crippen molar-refractivity contribution in [1.82, 2.24) is 0 Å². The molecule has 0 amide bonds. The number of hydrogen-bond donors (Lipinski definition) is 0. The number of fused-ring (bicyclic) bond motifs is 2. The first-order valence-corrected chi connectivity index (χ1v) is 9.53. The van der Waals surface area contributed by atoms with Gasteiger partial charge >= 0.3 is 0 Å². The SMILES string of the molecule is C=C1CC[C@]23C[C@H]1C[C@@H]2CC[C@@H]1CC2(CC[C@@]13C)OCCO2. The van der Waals surface area contributed by atoms with E-state index in [1.54, 1.807) is 5.57 Å². The maximum absolute atomic E-state index is 6.07. The third kappa shape index (κ3) is 1.59. The van der Waals surface area contributed by atoms with Gasteiger partial charge < -0.3 is 9.47 Å². The minimum Gasteiger partial charge on any atom is -0.348 e. The van der Waals surface area contributed by atoms with Crippen molar-refractivity contribution in [2.45, 2.75) is 70.5 Å². The zero-order valence-electron chi connectivity index (χ0n) is 14.0. The van der Waals surface area contributed by atoms with E-state index >= 15 is 0 Å². The second-order valence-corrected chi connectivity index (χ2v) is 9.15. The molecule has 0 N–H and O–H groups in total. The van der Waals surface area contributed by atoms with E-state index in [1.165, 1.54) is 44.9 Å². The lowest BCUT2D eigenvalue weighted by molar-refractivity contribution is -0.236. The molecule has 1 aliphatic heterocycles. The first-order chi connectivity index (χ1) is 10.6. The highest BCUT2D eigenvalue weighted by molar-refractivity contribution is 5.21. The lowest BCUT2D eigenvalue weighted by Crippen LogP contribution is -2.57. The Kier molecular flexibility index (Phi) is 2.80. The van der Waals surface area contributed by atoms with Gasteiger partial charge in [-0.3, -0.25) is 0 Å². The van der Waals surface area contributed by atoms with E-state index < -0.39 is 0 Å². The number of hydrogen-bond acceptors (Lipinski definition) is 2. The Bertz CT molecular complexity index is 506. The summed E-state index contributed by atoms with van der Waals surface area (Å²) in [6.07, 6.45) is 12.0. The third-order valence-corrected chi connectivity index (χ3v) is 8.73. The van der Waals surface area contributed by atoms with Crippen LogP contribution in [-0.2, 0) is 9.47 Å². The standard InChI is InChI=1S/C20H30O2/c1-14-5-6-19-12-15(14)11-16(19)3-4-17-13-20(21-9-10-22-20)8-7-18(17,19)2/h15-17H,1,3-13H2,2H3/t15-,16+,17-,18+,19+/m1/s1. The fourth-order valence-corrected chi connectivity index (χ4v) is 7.44. The Morgan fingerprint density at radius 2 is 1.77 bits per heavy atom. The molecular formula is C20H30O2. The number of rotatable bonds is 0. The molecule has 0 unspecified atom stereocenters. The lowest BCUT2D eigenvalue weighted by Gasteiger charge is -2.62. The number of ether oxygens (including phenoxy) is 2. The van der Waals surface area contributed by atoms with Crippen LogP contribution in [0.2, 0.25) is 0 Å². The van der Waals surface area contributed by atoms with E-state index in [-0.39, 0.29) is 5.79 Å². The molecule has 0 aromatic heterocycles. The molecule has 2 spiro atoms. The average molecular weight is 302 g/mol. The Morgan fingerprint density at radius 1 is 1.00 bits per heavy atom. The molecule has 0 aromatic carbocycles. The molecular weight excluding hydrogens is 272 g/mol. The van der Waals surface area contributed by atoms with Crippen LogP contribution in [0.5, 0.6) is 0 Å². The third-order valence-electron chi connectivity index (χ3n) is 8.73. The normalized spacial score (nSPS) is 52.6. The molecule has 2 nitrogen and oxygen atoms in total. The highest BCUT2D eigenvalue weighted by Crippen LogP contribution is 2.73. The zero-order chi connectivity index (χ0) is 15.0. The van der Waals surface area contributed by atoms with Crippen molar-refractivity contribution in [3.63, 3.8) is 0 Å². The van der Waals surface area contributed by atoms with E-state index in [0.29, 0.717) is 10.8 Å². The van der Waals surface area contributed by atoms with Gasteiger partial charge in [0.2, 0.25) is 0 Å². The summed E-state index contributed by atoms with van der Waals surface area (Å²) in [7, 11) is 0. The lowest BCUT2D eigenvalue weighted by atomic mass is 9.43. The molecule has 5 fully saturated rings. The van der Waals surface area contributed by atoms with Gasteiger partial charge in [0.15, 0.2) is 5.79 Å². The fourth-order valence-electron chi connectivity index (χ4n) is 7.44. The van der Waals surface area contributed by atoms with E-state index in [0.717, 1.165) is 43.8 Å². The van der Waals surface area contributed by atoms with Gasteiger partial charge in [0.25, 0.3) is 0 Å². The largest absolute Gasteiger partial charge is 0.348 e. The van der Waals surface area contributed by atoms with Crippen molar-refractivity contribution >= 4 is 0 Å². The van der Waals surface area contributed by atoms with Crippen molar-refractivity contribution in [3.8, 4) is 0 Å². The fraction of sp³-hybridized carbons (Fsp3) is 0.900. The highest BCUT2D eigenvalue weighted by Gasteiger charge is 2.66. The molecule has 2 heteroatoms. The maximum Gasteiger partial charge on any atom is 0.168 e. The van der Waals surface area contributed by atoms with Crippen LogP contribution in [-0.4, -0.2) is 19.0 Å². The molecule has 0 radical (unpaired) electrons. The Balaban J connectivity index is 1.49. The van der Waals surface area contributed by atoms with Crippen LogP contribution in [0.3, 0.4) is 0 Å². The molecule has 2 bridgehead atoms. The summed E-state index contributed by atoms with van der Waals surface area (Å²) in [4.78, 5) is 0. The Labute approximate surface area is 134 Å². The number of allylic oxidation sites excluding steroid dienone is 1. The highest BCUT2D eigenvalue weighted by atomic mass is 16.7. The summed E-state index contributed by atoms with van der Waals surface area (Å²) < 4.78 is 12.1. The quantitative estimate of drug-likeness (QED) is 0.604. The van der Waals surface area contributed by atoms with E-state index in [2.05, 4.69) is 13.5 Å². The van der Waals surface area contributed by atoms with Crippen molar-refractivity contribution < 1.29 is 9.47 Å². The van der Waals surface area contributed by atoms with Crippen molar-refractivity contribution in [2.75, 3.05) is 13.2 Å². The molecule has 4 saturated carbocycles. The second-order valence-electron chi connectivity index (χ2n) is 9.15. The van der Waals surface area contributed by atoms with Gasteiger partial charge in [0.1, 0.15) is 0 Å². The minimum atomic E-state index is -0.204. The molecule has 1 heterocycles. The summed E-state index contributed by atoms with van der Waals surface area (Å²) in [5.41, 5.74) is 2.70. The summed E-state index contributed by atoms with van der Waals surface area (Å²) in [6, 6.07) is 0. The molecule has 22 heavy (non-hydrogen) atoms. The van der Waals surface area contributed by atoms with Crippen LogP contribution in [0, 0.1) is 28.6 Å². The molecule has 0 aromatic rings. The smallest absolute Gasteiger partial charge is 0.168 e. The first-order valence-electron chi connectivity index (χ1n) is 9.53. The Hall–Kier alpha value is -0.340. The molecule has 122 valence electrons. The first kappa shape index (κ1) is 14.0. The maximum atomic E-state index is 6.07. The van der Waals surface area contributed by atoms with Crippen molar-refractivity contribution in [3.05, 3.63) is 12.2 Å². The summed E-state index contributed by atoms with van der Waals surface area (Å²) >= 11 is 0. The van der Waals surface area contributed by atoms with E-state index in [1.807, 2.05) is 0 Å².